The minimum atomic E-state index is -0.530. The Morgan fingerprint density at radius 1 is 0.818 bits per heavy atom. The summed E-state index contributed by atoms with van der Waals surface area (Å²) in [7, 11) is 0. The summed E-state index contributed by atoms with van der Waals surface area (Å²) in [5.41, 5.74) is 1.58. The number of esters is 1. The summed E-state index contributed by atoms with van der Waals surface area (Å²) >= 11 is 0. The van der Waals surface area contributed by atoms with Gasteiger partial charge in [-0.2, -0.15) is 0 Å². The largest absolute Gasteiger partial charge is 0.463 e. The minimum Gasteiger partial charge on any atom is -0.463 e. The van der Waals surface area contributed by atoms with Gasteiger partial charge in [0.1, 0.15) is 13.0 Å². The summed E-state index contributed by atoms with van der Waals surface area (Å²) in [4.78, 5) is 23.4. The number of ether oxygens (including phenoxy) is 2. The first kappa shape index (κ1) is 15.9. The Labute approximate surface area is 129 Å². The highest BCUT2D eigenvalue weighted by atomic mass is 16.6. The molecule has 22 heavy (non-hydrogen) atoms. The Hall–Kier alpha value is -2.46. The van der Waals surface area contributed by atoms with E-state index < -0.39 is 5.97 Å². The van der Waals surface area contributed by atoms with Crippen LogP contribution in [0, 0.1) is 0 Å². The molecule has 0 radical (unpaired) electrons. The number of carbonyl (C=O) groups excluding carboxylic acids is 2. The summed E-state index contributed by atoms with van der Waals surface area (Å²) in [5.74, 6) is -0.770. The van der Waals surface area contributed by atoms with Gasteiger partial charge in [0.25, 0.3) is 0 Å². The molecule has 0 saturated carbocycles. The van der Waals surface area contributed by atoms with E-state index in [9.17, 15) is 9.59 Å². The molecule has 2 rings (SSSR count). The monoisotopic (exact) mass is 298 g/mol. The maximum absolute atomic E-state index is 11.8. The van der Waals surface area contributed by atoms with Gasteiger partial charge < -0.3 is 9.47 Å². The molecule has 0 amide bonds. The second-order valence-electron chi connectivity index (χ2n) is 4.72. The summed E-state index contributed by atoms with van der Waals surface area (Å²) in [6.07, 6.45) is -0.247. The molecule has 0 aliphatic heterocycles. The van der Waals surface area contributed by atoms with Crippen LogP contribution in [0.3, 0.4) is 0 Å². The molecule has 2 aromatic carbocycles. The number of rotatable bonds is 8. The van der Waals surface area contributed by atoms with Crippen LogP contribution in [0.15, 0.2) is 60.7 Å². The van der Waals surface area contributed by atoms with Crippen molar-refractivity contribution in [2.75, 3.05) is 13.2 Å². The molecule has 4 heteroatoms. The second kappa shape index (κ2) is 8.74. The normalized spacial score (nSPS) is 10.2. The fourth-order valence-corrected chi connectivity index (χ4v) is 1.89. The molecule has 114 valence electrons. The number of Topliss-reactive ketones (excluding diaryl/α,β-unsaturated/α-hetero) is 1. The van der Waals surface area contributed by atoms with E-state index in [0.717, 1.165) is 5.56 Å². The quantitative estimate of drug-likeness (QED) is 0.325. The van der Waals surface area contributed by atoms with Crippen molar-refractivity contribution in [1.82, 2.24) is 0 Å². The molecule has 0 fully saturated rings. The van der Waals surface area contributed by atoms with E-state index in [4.69, 9.17) is 9.47 Å². The van der Waals surface area contributed by atoms with Gasteiger partial charge in [-0.1, -0.05) is 60.7 Å². The van der Waals surface area contributed by atoms with Crippen molar-refractivity contribution in [1.29, 1.82) is 0 Å². The van der Waals surface area contributed by atoms with Crippen molar-refractivity contribution in [3.8, 4) is 0 Å². The summed E-state index contributed by atoms with van der Waals surface area (Å²) in [6, 6.07) is 18.4. The highest BCUT2D eigenvalue weighted by Gasteiger charge is 2.12. The molecule has 4 nitrogen and oxygen atoms in total. The topological polar surface area (TPSA) is 52.6 Å². The van der Waals surface area contributed by atoms with Gasteiger partial charge in [0.15, 0.2) is 5.78 Å². The van der Waals surface area contributed by atoms with Gasteiger partial charge in [0, 0.05) is 5.56 Å². The van der Waals surface area contributed by atoms with Crippen LogP contribution < -0.4 is 0 Å². The van der Waals surface area contributed by atoms with Crippen LogP contribution in [0.4, 0.5) is 0 Å². The maximum atomic E-state index is 11.8. The number of ketones is 1. The van der Waals surface area contributed by atoms with Gasteiger partial charge in [-0.05, 0) is 5.56 Å². The third-order valence-corrected chi connectivity index (χ3v) is 3.00. The molecular weight excluding hydrogens is 280 g/mol. The number of carbonyl (C=O) groups is 2. The van der Waals surface area contributed by atoms with Gasteiger partial charge in [-0.3, -0.25) is 9.59 Å². The molecule has 0 unspecified atom stereocenters. The summed E-state index contributed by atoms with van der Waals surface area (Å²) in [6.45, 7) is 0.926. The Kier molecular flexibility index (Phi) is 6.33. The molecule has 0 saturated heterocycles. The number of hydrogen-bond donors (Lipinski definition) is 0. The molecule has 0 bridgehead atoms. The van der Waals surface area contributed by atoms with E-state index in [1.165, 1.54) is 0 Å². The van der Waals surface area contributed by atoms with E-state index in [1.54, 1.807) is 24.3 Å². The van der Waals surface area contributed by atoms with Gasteiger partial charge in [0.2, 0.25) is 0 Å². The van der Waals surface area contributed by atoms with Crippen LogP contribution in [0.1, 0.15) is 22.3 Å². The Bertz CT molecular complexity index is 593. The third kappa shape index (κ3) is 5.50. The number of benzene rings is 2. The van der Waals surface area contributed by atoms with E-state index in [1.807, 2.05) is 36.4 Å². The van der Waals surface area contributed by atoms with Crippen molar-refractivity contribution in [2.45, 2.75) is 13.0 Å². The van der Waals surface area contributed by atoms with Crippen LogP contribution in [-0.4, -0.2) is 25.0 Å². The first-order chi connectivity index (χ1) is 10.8. The third-order valence-electron chi connectivity index (χ3n) is 3.00. The van der Waals surface area contributed by atoms with Gasteiger partial charge >= 0.3 is 5.97 Å². The first-order valence-electron chi connectivity index (χ1n) is 7.11. The van der Waals surface area contributed by atoms with Crippen molar-refractivity contribution >= 4 is 11.8 Å². The van der Waals surface area contributed by atoms with Gasteiger partial charge in [-0.25, -0.2) is 0 Å². The lowest BCUT2D eigenvalue weighted by Gasteiger charge is -2.06. The molecule has 0 atom stereocenters. The van der Waals surface area contributed by atoms with Crippen molar-refractivity contribution < 1.29 is 19.1 Å². The molecule has 0 aromatic heterocycles. The Balaban J connectivity index is 1.61. The van der Waals surface area contributed by atoms with Crippen LogP contribution in [0.2, 0.25) is 0 Å². The minimum absolute atomic E-state index is 0.147. The highest BCUT2D eigenvalue weighted by Crippen LogP contribution is 2.04. The van der Waals surface area contributed by atoms with Crippen LogP contribution in [-0.2, 0) is 20.9 Å². The maximum Gasteiger partial charge on any atom is 0.313 e. The average Bonchev–Trinajstić information content (AvgIpc) is 2.56. The second-order valence-corrected chi connectivity index (χ2v) is 4.72. The molecule has 0 N–H and O–H groups in total. The zero-order valence-electron chi connectivity index (χ0n) is 12.2. The predicted octanol–water partition coefficient (Wildman–Crippen LogP) is 3.02. The van der Waals surface area contributed by atoms with Gasteiger partial charge in [0.05, 0.1) is 13.2 Å². The van der Waals surface area contributed by atoms with E-state index >= 15 is 0 Å². The van der Waals surface area contributed by atoms with Gasteiger partial charge in [-0.15, -0.1) is 0 Å². The molecule has 2 aromatic rings. The first-order valence-corrected chi connectivity index (χ1v) is 7.11. The SMILES string of the molecule is O=C(CC(=O)c1ccccc1)OCCOCc1ccccc1. The van der Waals surface area contributed by atoms with Crippen molar-refractivity contribution in [2.24, 2.45) is 0 Å². The summed E-state index contributed by atoms with van der Waals surface area (Å²) in [5, 5.41) is 0. The standard InChI is InChI=1S/C18H18O4/c19-17(16-9-5-2-6-10-16)13-18(20)22-12-11-21-14-15-7-3-1-4-8-15/h1-10H,11-14H2. The lowest BCUT2D eigenvalue weighted by atomic mass is 10.1. The Morgan fingerprint density at radius 3 is 2.14 bits per heavy atom. The predicted molar refractivity (Wildman–Crippen MR) is 82.4 cm³/mol. The van der Waals surface area contributed by atoms with Crippen LogP contribution in [0.25, 0.3) is 0 Å². The smallest absolute Gasteiger partial charge is 0.313 e. The van der Waals surface area contributed by atoms with E-state index in [2.05, 4.69) is 0 Å². The lowest BCUT2D eigenvalue weighted by Crippen LogP contribution is -2.14. The van der Waals surface area contributed by atoms with Crippen molar-refractivity contribution in [3.63, 3.8) is 0 Å². The Morgan fingerprint density at radius 2 is 1.45 bits per heavy atom. The lowest BCUT2D eigenvalue weighted by molar-refractivity contribution is -0.144. The van der Waals surface area contributed by atoms with E-state index in [0.29, 0.717) is 18.8 Å². The zero-order chi connectivity index (χ0) is 15.6. The molecule has 0 aliphatic rings. The fraction of sp³-hybridized carbons (Fsp3) is 0.222. The molecule has 0 aliphatic carbocycles. The average molecular weight is 298 g/mol. The summed E-state index contributed by atoms with van der Waals surface area (Å²) < 4.78 is 10.4. The van der Waals surface area contributed by atoms with Crippen molar-refractivity contribution in [3.05, 3.63) is 71.8 Å². The van der Waals surface area contributed by atoms with E-state index in [-0.39, 0.29) is 18.8 Å². The number of hydrogen-bond acceptors (Lipinski definition) is 4. The molecule has 0 spiro atoms. The van der Waals surface area contributed by atoms with Crippen LogP contribution in [0.5, 0.6) is 0 Å². The molecule has 0 heterocycles. The molecular formula is C18H18O4. The zero-order valence-corrected chi connectivity index (χ0v) is 12.2. The highest BCUT2D eigenvalue weighted by molar-refractivity contribution is 6.05. The fourth-order valence-electron chi connectivity index (χ4n) is 1.89. The van der Waals surface area contributed by atoms with Crippen LogP contribution >= 0.6 is 0 Å².